The van der Waals surface area contributed by atoms with Gasteiger partial charge in [-0.25, -0.2) is 4.68 Å². The number of amides is 2. The molecule has 1 saturated carbocycles. The molecule has 39 heavy (non-hydrogen) atoms. The van der Waals surface area contributed by atoms with Gasteiger partial charge >= 0.3 is 0 Å². The van der Waals surface area contributed by atoms with Gasteiger partial charge in [0.05, 0.1) is 25.8 Å². The van der Waals surface area contributed by atoms with Crippen LogP contribution in [0.5, 0.6) is 11.5 Å². The van der Waals surface area contributed by atoms with Crippen molar-refractivity contribution in [3.8, 4) is 11.5 Å². The number of rotatable bonds is 10. The smallest absolute Gasteiger partial charge is 0.247 e. The topological polar surface area (TPSA) is 108 Å². The zero-order valence-corrected chi connectivity index (χ0v) is 22.7. The second-order valence-corrected chi connectivity index (χ2v) is 10.3. The third-order valence-electron chi connectivity index (χ3n) is 7.70. The van der Waals surface area contributed by atoms with Gasteiger partial charge < -0.3 is 24.4 Å². The number of para-hydroxylation sites is 1. The molecule has 2 aromatic carbocycles. The van der Waals surface area contributed by atoms with Crippen molar-refractivity contribution in [1.82, 2.24) is 25.2 Å². The quantitative estimate of drug-likeness (QED) is 0.422. The van der Waals surface area contributed by atoms with E-state index in [2.05, 4.69) is 15.6 Å². The molecule has 1 N–H and O–H groups in total. The largest absolute Gasteiger partial charge is 0.497 e. The van der Waals surface area contributed by atoms with E-state index < -0.39 is 6.04 Å². The standard InChI is InChI=1S/C29H37N5O5/c1-37-21-14-15-23(26(17-21)38-2)28(29(36)30-20-9-4-3-5-10-20)33(18-22-11-8-16-39-22)27(35)19-34-25-13-7-6-12-24(25)31-32-34/h6-7,12-15,17,20,22,28H,3-5,8-11,16,18-19H2,1-2H3,(H,30,36). The summed E-state index contributed by atoms with van der Waals surface area (Å²) in [6, 6.07) is 12.0. The van der Waals surface area contributed by atoms with Crippen molar-refractivity contribution < 1.29 is 23.8 Å². The molecule has 1 aliphatic carbocycles. The van der Waals surface area contributed by atoms with E-state index >= 15 is 0 Å². The predicted octanol–water partition coefficient (Wildman–Crippen LogP) is 3.65. The van der Waals surface area contributed by atoms with Gasteiger partial charge in [-0.15, -0.1) is 5.10 Å². The molecule has 2 fully saturated rings. The molecule has 10 nitrogen and oxygen atoms in total. The lowest BCUT2D eigenvalue weighted by Crippen LogP contribution is -2.50. The summed E-state index contributed by atoms with van der Waals surface area (Å²) < 4.78 is 18.6. The highest BCUT2D eigenvalue weighted by Crippen LogP contribution is 2.35. The van der Waals surface area contributed by atoms with Crippen LogP contribution in [0.25, 0.3) is 11.0 Å². The molecule has 208 valence electrons. The summed E-state index contributed by atoms with van der Waals surface area (Å²) in [6.07, 6.45) is 6.80. The van der Waals surface area contributed by atoms with Crippen LogP contribution >= 0.6 is 0 Å². The first kappa shape index (κ1) is 26.9. The van der Waals surface area contributed by atoms with Crippen molar-refractivity contribution in [2.24, 2.45) is 0 Å². The number of aromatic nitrogens is 3. The lowest BCUT2D eigenvalue weighted by Gasteiger charge is -2.35. The first-order valence-electron chi connectivity index (χ1n) is 13.8. The van der Waals surface area contributed by atoms with Gasteiger partial charge in [-0.05, 0) is 49.9 Å². The molecule has 0 radical (unpaired) electrons. The Hall–Kier alpha value is -3.66. The Morgan fingerprint density at radius 2 is 1.90 bits per heavy atom. The van der Waals surface area contributed by atoms with Gasteiger partial charge in [-0.1, -0.05) is 36.6 Å². The summed E-state index contributed by atoms with van der Waals surface area (Å²) >= 11 is 0. The molecule has 10 heteroatoms. The fraction of sp³-hybridized carbons (Fsp3) is 0.517. The van der Waals surface area contributed by atoms with Crippen LogP contribution in [0.2, 0.25) is 0 Å². The molecule has 2 amide bonds. The van der Waals surface area contributed by atoms with Crippen LogP contribution in [-0.4, -0.2) is 71.2 Å². The summed E-state index contributed by atoms with van der Waals surface area (Å²) in [5.74, 6) is 0.616. The number of hydrogen-bond acceptors (Lipinski definition) is 7. The maximum absolute atomic E-state index is 14.1. The number of nitrogens with one attached hydrogen (secondary N) is 1. The van der Waals surface area contributed by atoms with Crippen molar-refractivity contribution in [3.63, 3.8) is 0 Å². The SMILES string of the molecule is COc1ccc(C(C(=O)NC2CCCCC2)N(CC2CCCO2)C(=O)Cn2nnc3ccccc32)c(OC)c1. The zero-order valence-electron chi connectivity index (χ0n) is 22.7. The summed E-state index contributed by atoms with van der Waals surface area (Å²) in [5, 5.41) is 11.7. The summed E-state index contributed by atoms with van der Waals surface area (Å²) in [6.45, 7) is 0.869. The Morgan fingerprint density at radius 1 is 1.08 bits per heavy atom. The number of methoxy groups -OCH3 is 2. The fourth-order valence-corrected chi connectivity index (χ4v) is 5.63. The highest BCUT2D eigenvalue weighted by atomic mass is 16.5. The van der Waals surface area contributed by atoms with E-state index in [1.54, 1.807) is 35.9 Å². The van der Waals surface area contributed by atoms with E-state index in [0.29, 0.717) is 29.2 Å². The van der Waals surface area contributed by atoms with E-state index in [1.165, 1.54) is 6.42 Å². The average molecular weight is 536 g/mol. The van der Waals surface area contributed by atoms with E-state index in [0.717, 1.165) is 44.0 Å². The molecule has 2 heterocycles. The van der Waals surface area contributed by atoms with Crippen LogP contribution in [0.1, 0.15) is 56.6 Å². The Labute approximate surface area is 228 Å². The molecule has 0 spiro atoms. The Balaban J connectivity index is 1.52. The number of hydrogen-bond donors (Lipinski definition) is 1. The first-order valence-corrected chi connectivity index (χ1v) is 13.8. The number of nitrogens with zero attached hydrogens (tertiary/aromatic N) is 4. The minimum absolute atomic E-state index is 0.0566. The Kier molecular flexibility index (Phi) is 8.61. The van der Waals surface area contributed by atoms with Crippen LogP contribution in [0.15, 0.2) is 42.5 Å². The van der Waals surface area contributed by atoms with E-state index in [1.807, 2.05) is 30.3 Å². The number of fused-ring (bicyclic) bond motifs is 1. The second-order valence-electron chi connectivity index (χ2n) is 10.3. The molecular weight excluding hydrogens is 498 g/mol. The normalized spacial score (nSPS) is 18.6. The van der Waals surface area contributed by atoms with Gasteiger partial charge in [0.25, 0.3) is 0 Å². The molecule has 0 bridgehead atoms. The first-order chi connectivity index (χ1) is 19.1. The molecule has 2 unspecified atom stereocenters. The predicted molar refractivity (Wildman–Crippen MR) is 146 cm³/mol. The summed E-state index contributed by atoms with van der Waals surface area (Å²) in [4.78, 5) is 29.8. The molecule has 1 aliphatic heterocycles. The van der Waals surface area contributed by atoms with Crippen molar-refractivity contribution in [3.05, 3.63) is 48.0 Å². The molecule has 1 aromatic heterocycles. The third-order valence-corrected chi connectivity index (χ3v) is 7.70. The van der Waals surface area contributed by atoms with Gasteiger partial charge in [-0.2, -0.15) is 0 Å². The van der Waals surface area contributed by atoms with Crippen LogP contribution < -0.4 is 14.8 Å². The molecule has 2 atom stereocenters. The minimum Gasteiger partial charge on any atom is -0.497 e. The van der Waals surface area contributed by atoms with Gasteiger partial charge in [-0.3, -0.25) is 9.59 Å². The van der Waals surface area contributed by atoms with E-state index in [-0.39, 0.29) is 37.0 Å². The lowest BCUT2D eigenvalue weighted by atomic mass is 9.94. The van der Waals surface area contributed by atoms with Crippen molar-refractivity contribution in [1.29, 1.82) is 0 Å². The number of benzene rings is 2. The summed E-state index contributed by atoms with van der Waals surface area (Å²) in [7, 11) is 3.14. The second kappa shape index (κ2) is 12.5. The van der Waals surface area contributed by atoms with Crippen LogP contribution in [0.4, 0.5) is 0 Å². The highest BCUT2D eigenvalue weighted by molar-refractivity contribution is 5.90. The highest BCUT2D eigenvalue weighted by Gasteiger charge is 2.37. The maximum Gasteiger partial charge on any atom is 0.247 e. The average Bonchev–Trinajstić information content (AvgIpc) is 3.63. The molecular formula is C29H37N5O5. The third kappa shape index (κ3) is 6.16. The van der Waals surface area contributed by atoms with Gasteiger partial charge in [0.2, 0.25) is 11.8 Å². The summed E-state index contributed by atoms with van der Waals surface area (Å²) in [5.41, 5.74) is 2.06. The van der Waals surface area contributed by atoms with Gasteiger partial charge in [0.15, 0.2) is 0 Å². The van der Waals surface area contributed by atoms with E-state index in [4.69, 9.17) is 14.2 Å². The maximum atomic E-state index is 14.1. The molecule has 2 aliphatic rings. The van der Waals surface area contributed by atoms with Crippen LogP contribution in [-0.2, 0) is 20.9 Å². The Bertz CT molecular complexity index is 1280. The minimum atomic E-state index is -0.917. The van der Waals surface area contributed by atoms with E-state index in [9.17, 15) is 9.59 Å². The molecule has 1 saturated heterocycles. The number of carbonyl (C=O) groups is 2. The Morgan fingerprint density at radius 3 is 2.64 bits per heavy atom. The number of carbonyl (C=O) groups excluding carboxylic acids is 2. The lowest BCUT2D eigenvalue weighted by molar-refractivity contribution is -0.143. The van der Waals surface area contributed by atoms with Crippen molar-refractivity contribution in [2.75, 3.05) is 27.4 Å². The van der Waals surface area contributed by atoms with Crippen molar-refractivity contribution >= 4 is 22.8 Å². The van der Waals surface area contributed by atoms with Gasteiger partial charge in [0, 0.05) is 30.8 Å². The van der Waals surface area contributed by atoms with Crippen LogP contribution in [0.3, 0.4) is 0 Å². The zero-order chi connectivity index (χ0) is 27.2. The molecule has 3 aromatic rings. The monoisotopic (exact) mass is 535 g/mol. The van der Waals surface area contributed by atoms with Crippen molar-refractivity contribution in [2.45, 2.75) is 69.7 Å². The van der Waals surface area contributed by atoms with Gasteiger partial charge in [0.1, 0.15) is 29.6 Å². The fourth-order valence-electron chi connectivity index (χ4n) is 5.63. The molecule has 5 rings (SSSR count). The number of ether oxygens (including phenoxy) is 3. The van der Waals surface area contributed by atoms with Crippen LogP contribution in [0, 0.1) is 0 Å².